The second kappa shape index (κ2) is 11.0. The molecule has 0 bridgehead atoms. The lowest BCUT2D eigenvalue weighted by Gasteiger charge is -2.24. The molecule has 186 valence electrons. The van der Waals surface area contributed by atoms with Crippen LogP contribution in [-0.4, -0.2) is 37.1 Å². The number of aromatic amines is 1. The van der Waals surface area contributed by atoms with Gasteiger partial charge in [-0.1, -0.05) is 43.3 Å². The molecule has 0 saturated heterocycles. The Kier molecular flexibility index (Phi) is 7.59. The Balaban J connectivity index is 1.76. The highest BCUT2D eigenvalue weighted by Gasteiger charge is 2.23. The van der Waals surface area contributed by atoms with Crippen LogP contribution in [0.15, 0.2) is 71.5 Å². The molecule has 0 aliphatic rings. The summed E-state index contributed by atoms with van der Waals surface area (Å²) in [6, 6.07) is 20.8. The smallest absolute Gasteiger partial charge is 0.254 e. The number of hydrogen-bond donors (Lipinski definition) is 1. The number of methoxy groups -OCH3 is 3. The summed E-state index contributed by atoms with van der Waals surface area (Å²) in [6.07, 6.45) is 0.893. The first-order valence-corrected chi connectivity index (χ1v) is 11.7. The number of amides is 1. The number of aryl methyl sites for hydroxylation is 1. The normalized spacial score (nSPS) is 10.8. The van der Waals surface area contributed by atoms with E-state index in [2.05, 4.69) is 18.0 Å². The number of ether oxygens (including phenoxy) is 3. The van der Waals surface area contributed by atoms with Crippen LogP contribution >= 0.6 is 0 Å². The van der Waals surface area contributed by atoms with Gasteiger partial charge in [0.15, 0.2) is 11.5 Å². The van der Waals surface area contributed by atoms with E-state index in [0.29, 0.717) is 34.9 Å². The van der Waals surface area contributed by atoms with Gasteiger partial charge < -0.3 is 24.1 Å². The van der Waals surface area contributed by atoms with Crippen LogP contribution in [0.1, 0.15) is 34.0 Å². The fraction of sp³-hybridized carbons (Fsp3) is 0.241. The highest BCUT2D eigenvalue weighted by atomic mass is 16.5. The van der Waals surface area contributed by atoms with Crippen molar-refractivity contribution in [2.75, 3.05) is 21.3 Å². The Hall–Kier alpha value is -4.26. The standard InChI is InChI=1S/C29H30N2O5/c1-5-19-11-12-24-21(13-19)14-23(28(32)30-24)18-31(17-20-9-7-6-8-10-20)29(33)22-15-25(34-2)27(36-4)26(16-22)35-3/h6-16H,5,17-18H2,1-4H3,(H,30,32). The largest absolute Gasteiger partial charge is 0.493 e. The van der Waals surface area contributed by atoms with Crippen molar-refractivity contribution in [3.8, 4) is 17.2 Å². The van der Waals surface area contributed by atoms with Crippen molar-refractivity contribution in [3.63, 3.8) is 0 Å². The Morgan fingerprint density at radius 2 is 1.53 bits per heavy atom. The molecule has 1 amide bonds. The number of H-pyrrole nitrogens is 1. The van der Waals surface area contributed by atoms with Crippen molar-refractivity contribution in [2.45, 2.75) is 26.4 Å². The zero-order chi connectivity index (χ0) is 25.7. The molecule has 0 fully saturated rings. The first kappa shape index (κ1) is 24.9. The van der Waals surface area contributed by atoms with Crippen LogP contribution in [0.25, 0.3) is 10.9 Å². The van der Waals surface area contributed by atoms with Crippen LogP contribution < -0.4 is 19.8 Å². The van der Waals surface area contributed by atoms with E-state index in [1.807, 2.05) is 48.5 Å². The zero-order valence-electron chi connectivity index (χ0n) is 21.0. The number of rotatable bonds is 9. The van der Waals surface area contributed by atoms with Gasteiger partial charge in [0.25, 0.3) is 11.5 Å². The molecule has 0 atom stereocenters. The minimum atomic E-state index is -0.264. The minimum Gasteiger partial charge on any atom is -0.493 e. The van der Waals surface area contributed by atoms with Gasteiger partial charge in [0.2, 0.25) is 5.75 Å². The summed E-state index contributed by atoms with van der Waals surface area (Å²) < 4.78 is 16.3. The average molecular weight is 487 g/mol. The number of nitrogens with one attached hydrogen (secondary N) is 1. The summed E-state index contributed by atoms with van der Waals surface area (Å²) in [5.41, 5.74) is 3.55. The highest BCUT2D eigenvalue weighted by Crippen LogP contribution is 2.38. The second-order valence-corrected chi connectivity index (χ2v) is 8.46. The van der Waals surface area contributed by atoms with E-state index in [4.69, 9.17) is 14.2 Å². The third kappa shape index (κ3) is 5.20. The number of fused-ring (bicyclic) bond motifs is 1. The van der Waals surface area contributed by atoms with E-state index in [9.17, 15) is 9.59 Å². The number of pyridine rings is 1. The van der Waals surface area contributed by atoms with Gasteiger partial charge in [0.05, 0.1) is 27.9 Å². The molecule has 7 heteroatoms. The molecule has 0 saturated carbocycles. The van der Waals surface area contributed by atoms with E-state index in [-0.39, 0.29) is 18.0 Å². The molecule has 1 N–H and O–H groups in total. The number of nitrogens with zero attached hydrogens (tertiary/aromatic N) is 1. The van der Waals surface area contributed by atoms with Gasteiger partial charge in [0, 0.05) is 23.2 Å². The number of carbonyl (C=O) groups is 1. The molecule has 0 aliphatic carbocycles. The number of benzene rings is 3. The summed E-state index contributed by atoms with van der Waals surface area (Å²) in [5, 5.41) is 0.934. The Morgan fingerprint density at radius 1 is 0.833 bits per heavy atom. The maximum atomic E-state index is 13.8. The molecule has 4 aromatic rings. The fourth-order valence-corrected chi connectivity index (χ4v) is 4.23. The lowest BCUT2D eigenvalue weighted by molar-refractivity contribution is 0.0728. The lowest BCUT2D eigenvalue weighted by Crippen LogP contribution is -2.32. The van der Waals surface area contributed by atoms with Crippen LogP contribution in [0.5, 0.6) is 17.2 Å². The van der Waals surface area contributed by atoms with Crippen molar-refractivity contribution in [1.82, 2.24) is 9.88 Å². The van der Waals surface area contributed by atoms with Gasteiger partial charge in [-0.3, -0.25) is 9.59 Å². The monoisotopic (exact) mass is 486 g/mol. The van der Waals surface area contributed by atoms with Gasteiger partial charge >= 0.3 is 0 Å². The van der Waals surface area contributed by atoms with E-state index in [0.717, 1.165) is 22.9 Å². The van der Waals surface area contributed by atoms with Crippen LogP contribution in [0, 0.1) is 0 Å². The molecule has 36 heavy (non-hydrogen) atoms. The molecule has 4 rings (SSSR count). The Morgan fingerprint density at radius 3 is 2.14 bits per heavy atom. The first-order chi connectivity index (χ1) is 17.5. The van der Waals surface area contributed by atoms with Gasteiger partial charge in [-0.15, -0.1) is 0 Å². The first-order valence-electron chi connectivity index (χ1n) is 11.7. The van der Waals surface area contributed by atoms with E-state index in [1.54, 1.807) is 17.0 Å². The van der Waals surface area contributed by atoms with Crippen molar-refractivity contribution in [3.05, 3.63) is 99.3 Å². The maximum Gasteiger partial charge on any atom is 0.254 e. The molecule has 0 radical (unpaired) electrons. The SMILES string of the molecule is CCc1ccc2[nH]c(=O)c(CN(Cc3ccccc3)C(=O)c3cc(OC)c(OC)c(OC)c3)cc2c1. The number of carbonyl (C=O) groups excluding carboxylic acids is 1. The molecule has 3 aromatic carbocycles. The quantitative estimate of drug-likeness (QED) is 0.362. The molecule has 1 heterocycles. The fourth-order valence-electron chi connectivity index (χ4n) is 4.23. The summed E-state index contributed by atoms with van der Waals surface area (Å²) in [5.74, 6) is 0.912. The minimum absolute atomic E-state index is 0.131. The maximum absolute atomic E-state index is 13.8. The molecule has 7 nitrogen and oxygen atoms in total. The Labute approximate surface area is 210 Å². The van der Waals surface area contributed by atoms with Gasteiger partial charge in [0.1, 0.15) is 0 Å². The average Bonchev–Trinajstić information content (AvgIpc) is 2.92. The predicted molar refractivity (Wildman–Crippen MR) is 140 cm³/mol. The third-order valence-electron chi connectivity index (χ3n) is 6.17. The van der Waals surface area contributed by atoms with Gasteiger partial charge in [-0.25, -0.2) is 0 Å². The zero-order valence-corrected chi connectivity index (χ0v) is 21.0. The summed E-state index contributed by atoms with van der Waals surface area (Å²) in [4.78, 5) is 31.4. The topological polar surface area (TPSA) is 80.9 Å². The lowest BCUT2D eigenvalue weighted by atomic mass is 10.1. The Bertz CT molecular complexity index is 1400. The van der Waals surface area contributed by atoms with Crippen LogP contribution in [0.3, 0.4) is 0 Å². The van der Waals surface area contributed by atoms with Crippen molar-refractivity contribution in [1.29, 1.82) is 0 Å². The van der Waals surface area contributed by atoms with Crippen LogP contribution in [0.4, 0.5) is 0 Å². The molecule has 1 aromatic heterocycles. The molecular weight excluding hydrogens is 456 g/mol. The molecular formula is C29H30N2O5. The van der Waals surface area contributed by atoms with Crippen LogP contribution in [-0.2, 0) is 19.5 Å². The van der Waals surface area contributed by atoms with Gasteiger partial charge in [-0.05, 0) is 53.3 Å². The highest BCUT2D eigenvalue weighted by molar-refractivity contribution is 5.95. The molecule has 0 spiro atoms. The van der Waals surface area contributed by atoms with Gasteiger partial charge in [-0.2, -0.15) is 0 Å². The van der Waals surface area contributed by atoms with Crippen molar-refractivity contribution in [2.24, 2.45) is 0 Å². The van der Waals surface area contributed by atoms with Crippen molar-refractivity contribution < 1.29 is 19.0 Å². The van der Waals surface area contributed by atoms with E-state index < -0.39 is 0 Å². The van der Waals surface area contributed by atoms with E-state index >= 15 is 0 Å². The second-order valence-electron chi connectivity index (χ2n) is 8.46. The van der Waals surface area contributed by atoms with Crippen molar-refractivity contribution >= 4 is 16.8 Å². The summed E-state index contributed by atoms with van der Waals surface area (Å²) in [6.45, 7) is 2.54. The predicted octanol–water partition coefficient (Wildman–Crippen LogP) is 4.96. The summed E-state index contributed by atoms with van der Waals surface area (Å²) in [7, 11) is 4.53. The van der Waals surface area contributed by atoms with Crippen LogP contribution in [0.2, 0.25) is 0 Å². The number of hydrogen-bond acceptors (Lipinski definition) is 5. The third-order valence-corrected chi connectivity index (χ3v) is 6.17. The van der Waals surface area contributed by atoms with E-state index in [1.165, 1.54) is 26.9 Å². The summed E-state index contributed by atoms with van der Waals surface area (Å²) >= 11 is 0. The number of aromatic nitrogens is 1. The molecule has 0 aliphatic heterocycles. The molecule has 0 unspecified atom stereocenters.